The SMILES string of the molecule is CCOS(=O)(=O)CCCOC(=O)C(C)=C(CC)CC. The van der Waals surface area contributed by atoms with Gasteiger partial charge in [-0.25, -0.2) is 4.79 Å². The molecule has 6 heteroatoms. The van der Waals surface area contributed by atoms with Gasteiger partial charge in [0.15, 0.2) is 0 Å². The zero-order valence-electron chi connectivity index (χ0n) is 12.2. The van der Waals surface area contributed by atoms with Crippen molar-refractivity contribution in [2.24, 2.45) is 0 Å². The van der Waals surface area contributed by atoms with Crippen molar-refractivity contribution in [3.8, 4) is 0 Å². The van der Waals surface area contributed by atoms with Crippen LogP contribution in [0.3, 0.4) is 0 Å². The lowest BCUT2D eigenvalue weighted by atomic mass is 10.1. The molecule has 0 aliphatic rings. The standard InChI is InChI=1S/C13H24O5S/c1-5-12(6-2)11(4)13(14)17-9-8-10-19(15,16)18-7-3/h5-10H2,1-4H3. The Morgan fingerprint density at radius 3 is 2.16 bits per heavy atom. The summed E-state index contributed by atoms with van der Waals surface area (Å²) in [5.74, 6) is -0.502. The Bertz CT molecular complexity index is 403. The molecular weight excluding hydrogens is 268 g/mol. The average molecular weight is 292 g/mol. The van der Waals surface area contributed by atoms with E-state index in [1.54, 1.807) is 13.8 Å². The Labute approximate surface area is 116 Å². The number of allylic oxidation sites excluding steroid dienone is 1. The van der Waals surface area contributed by atoms with Crippen LogP contribution in [-0.4, -0.2) is 33.4 Å². The quantitative estimate of drug-likeness (QED) is 0.282. The summed E-state index contributed by atoms with van der Waals surface area (Å²) in [6.07, 6.45) is 1.88. The topological polar surface area (TPSA) is 69.7 Å². The average Bonchev–Trinajstić information content (AvgIpc) is 2.35. The fourth-order valence-corrected chi connectivity index (χ4v) is 2.62. The monoisotopic (exact) mass is 292 g/mol. The molecule has 0 fully saturated rings. The van der Waals surface area contributed by atoms with E-state index in [0.29, 0.717) is 5.57 Å². The predicted molar refractivity (Wildman–Crippen MR) is 74.3 cm³/mol. The van der Waals surface area contributed by atoms with Gasteiger partial charge in [0, 0.05) is 5.57 Å². The highest BCUT2D eigenvalue weighted by molar-refractivity contribution is 7.86. The molecule has 0 atom stereocenters. The summed E-state index contributed by atoms with van der Waals surface area (Å²) in [4.78, 5) is 11.7. The van der Waals surface area contributed by atoms with E-state index >= 15 is 0 Å². The van der Waals surface area contributed by atoms with Crippen LogP contribution in [0.2, 0.25) is 0 Å². The van der Waals surface area contributed by atoms with Gasteiger partial charge in [-0.2, -0.15) is 8.42 Å². The van der Waals surface area contributed by atoms with Gasteiger partial charge in [0.25, 0.3) is 10.1 Å². The summed E-state index contributed by atoms with van der Waals surface area (Å²) < 4.78 is 32.1. The Morgan fingerprint density at radius 1 is 1.11 bits per heavy atom. The fourth-order valence-electron chi connectivity index (χ4n) is 1.67. The Hall–Kier alpha value is -0.880. The molecule has 19 heavy (non-hydrogen) atoms. The molecule has 0 spiro atoms. The van der Waals surface area contributed by atoms with Gasteiger partial charge in [-0.1, -0.05) is 19.4 Å². The molecule has 0 aliphatic heterocycles. The summed E-state index contributed by atoms with van der Waals surface area (Å²) in [6, 6.07) is 0. The maximum Gasteiger partial charge on any atom is 0.333 e. The van der Waals surface area contributed by atoms with Gasteiger partial charge >= 0.3 is 5.97 Å². The fraction of sp³-hybridized carbons (Fsp3) is 0.769. The molecular formula is C13H24O5S. The van der Waals surface area contributed by atoms with Crippen LogP contribution in [0.1, 0.15) is 47.0 Å². The van der Waals surface area contributed by atoms with Gasteiger partial charge in [-0.3, -0.25) is 4.18 Å². The lowest BCUT2D eigenvalue weighted by Gasteiger charge is -2.09. The first-order valence-corrected chi connectivity index (χ1v) is 8.18. The van der Waals surface area contributed by atoms with E-state index < -0.39 is 10.1 Å². The Morgan fingerprint density at radius 2 is 1.68 bits per heavy atom. The second-order valence-corrected chi connectivity index (χ2v) is 5.85. The highest BCUT2D eigenvalue weighted by atomic mass is 32.2. The molecule has 0 amide bonds. The van der Waals surface area contributed by atoms with Gasteiger partial charge in [0.1, 0.15) is 0 Å². The minimum Gasteiger partial charge on any atom is -0.462 e. The maximum absolute atomic E-state index is 11.7. The van der Waals surface area contributed by atoms with E-state index in [9.17, 15) is 13.2 Å². The summed E-state index contributed by atoms with van der Waals surface area (Å²) >= 11 is 0. The van der Waals surface area contributed by atoms with Crippen LogP contribution in [-0.2, 0) is 23.8 Å². The molecule has 0 N–H and O–H groups in total. The van der Waals surface area contributed by atoms with Crippen LogP contribution in [0.5, 0.6) is 0 Å². The van der Waals surface area contributed by atoms with Crippen LogP contribution >= 0.6 is 0 Å². The molecule has 112 valence electrons. The molecule has 0 unspecified atom stereocenters. The number of esters is 1. The Kier molecular flexibility index (Phi) is 8.67. The molecule has 0 heterocycles. The van der Waals surface area contributed by atoms with Crippen molar-refractivity contribution >= 4 is 16.1 Å². The molecule has 5 nitrogen and oxygen atoms in total. The van der Waals surface area contributed by atoms with Crippen LogP contribution in [0.15, 0.2) is 11.1 Å². The van der Waals surface area contributed by atoms with Gasteiger partial charge in [0.2, 0.25) is 0 Å². The highest BCUT2D eigenvalue weighted by Crippen LogP contribution is 2.13. The van der Waals surface area contributed by atoms with E-state index in [2.05, 4.69) is 4.18 Å². The third kappa shape index (κ3) is 7.32. The van der Waals surface area contributed by atoms with E-state index in [1.165, 1.54) is 0 Å². The maximum atomic E-state index is 11.7. The molecule has 0 saturated heterocycles. The van der Waals surface area contributed by atoms with Gasteiger partial charge in [-0.15, -0.1) is 0 Å². The van der Waals surface area contributed by atoms with Gasteiger partial charge in [-0.05, 0) is 33.1 Å². The number of hydrogen-bond donors (Lipinski definition) is 0. The normalized spacial score (nSPS) is 11.2. The van der Waals surface area contributed by atoms with Crippen molar-refractivity contribution in [1.29, 1.82) is 0 Å². The van der Waals surface area contributed by atoms with E-state index in [0.717, 1.165) is 18.4 Å². The largest absolute Gasteiger partial charge is 0.462 e. The lowest BCUT2D eigenvalue weighted by Crippen LogP contribution is -2.14. The number of hydrogen-bond acceptors (Lipinski definition) is 5. The zero-order chi connectivity index (χ0) is 14.9. The molecule has 0 radical (unpaired) electrons. The van der Waals surface area contributed by atoms with Crippen LogP contribution < -0.4 is 0 Å². The number of ether oxygens (including phenoxy) is 1. The first-order chi connectivity index (χ1) is 8.87. The molecule has 0 aromatic rings. The van der Waals surface area contributed by atoms with E-state index in [-0.39, 0.29) is 31.4 Å². The molecule has 0 bridgehead atoms. The minimum atomic E-state index is -3.48. The highest BCUT2D eigenvalue weighted by Gasteiger charge is 2.12. The third-order valence-electron chi connectivity index (χ3n) is 2.76. The smallest absolute Gasteiger partial charge is 0.333 e. The number of carbonyl (C=O) groups is 1. The first kappa shape index (κ1) is 18.1. The van der Waals surface area contributed by atoms with Crippen LogP contribution in [0.25, 0.3) is 0 Å². The first-order valence-electron chi connectivity index (χ1n) is 6.60. The molecule has 0 aromatic carbocycles. The summed E-state index contributed by atoms with van der Waals surface area (Å²) in [6.45, 7) is 7.54. The van der Waals surface area contributed by atoms with Crippen molar-refractivity contribution in [3.63, 3.8) is 0 Å². The third-order valence-corrected chi connectivity index (χ3v) is 4.14. The Balaban J connectivity index is 4.16. The van der Waals surface area contributed by atoms with Crippen molar-refractivity contribution in [3.05, 3.63) is 11.1 Å². The van der Waals surface area contributed by atoms with Crippen LogP contribution in [0.4, 0.5) is 0 Å². The number of carbonyl (C=O) groups excluding carboxylic acids is 1. The number of rotatable bonds is 9. The molecule has 0 aromatic heterocycles. The zero-order valence-corrected chi connectivity index (χ0v) is 13.0. The summed E-state index contributed by atoms with van der Waals surface area (Å²) in [7, 11) is -3.48. The van der Waals surface area contributed by atoms with E-state index in [4.69, 9.17) is 4.74 Å². The van der Waals surface area contributed by atoms with Crippen molar-refractivity contribution in [2.45, 2.75) is 47.0 Å². The predicted octanol–water partition coefficient (Wildman–Crippen LogP) is 2.42. The summed E-state index contributed by atoms with van der Waals surface area (Å²) in [5, 5.41) is 0. The lowest BCUT2D eigenvalue weighted by molar-refractivity contribution is -0.139. The second-order valence-electron chi connectivity index (χ2n) is 4.09. The van der Waals surface area contributed by atoms with Gasteiger partial charge in [0.05, 0.1) is 19.0 Å². The van der Waals surface area contributed by atoms with Crippen LogP contribution in [0, 0.1) is 0 Å². The molecule has 0 saturated carbocycles. The van der Waals surface area contributed by atoms with Crippen molar-refractivity contribution in [2.75, 3.05) is 19.0 Å². The molecule has 0 aliphatic carbocycles. The minimum absolute atomic E-state index is 0.0865. The van der Waals surface area contributed by atoms with Crippen molar-refractivity contribution in [1.82, 2.24) is 0 Å². The van der Waals surface area contributed by atoms with Crippen molar-refractivity contribution < 1.29 is 22.1 Å². The second kappa shape index (κ2) is 9.09. The summed E-state index contributed by atoms with van der Waals surface area (Å²) in [5.41, 5.74) is 1.68. The van der Waals surface area contributed by atoms with E-state index in [1.807, 2.05) is 13.8 Å². The van der Waals surface area contributed by atoms with Gasteiger partial charge < -0.3 is 4.74 Å². The molecule has 0 rings (SSSR count).